The van der Waals surface area contributed by atoms with Gasteiger partial charge < -0.3 is 19.7 Å². The summed E-state index contributed by atoms with van der Waals surface area (Å²) in [4.78, 5) is 15.1. The van der Waals surface area contributed by atoms with Crippen LogP contribution in [-0.4, -0.2) is 56.8 Å². The van der Waals surface area contributed by atoms with E-state index in [0.717, 1.165) is 38.8 Å². The van der Waals surface area contributed by atoms with Crippen molar-refractivity contribution >= 4 is 5.91 Å². The molecule has 0 aromatic heterocycles. The van der Waals surface area contributed by atoms with Crippen LogP contribution in [0, 0.1) is 11.2 Å². The van der Waals surface area contributed by atoms with Gasteiger partial charge in [0.2, 0.25) is 5.91 Å². The molecule has 5 nitrogen and oxygen atoms in total. The van der Waals surface area contributed by atoms with Crippen molar-refractivity contribution in [2.24, 2.45) is 5.41 Å². The van der Waals surface area contributed by atoms with Crippen molar-refractivity contribution in [2.75, 3.05) is 39.9 Å². The summed E-state index contributed by atoms with van der Waals surface area (Å²) in [5, 5.41) is 3.32. The Labute approximate surface area is 148 Å². The van der Waals surface area contributed by atoms with Crippen LogP contribution in [0.5, 0.6) is 5.75 Å². The van der Waals surface area contributed by atoms with Crippen molar-refractivity contribution in [3.05, 3.63) is 30.1 Å². The van der Waals surface area contributed by atoms with Crippen LogP contribution in [0.15, 0.2) is 24.3 Å². The number of hydrogen-bond donors (Lipinski definition) is 1. The first kappa shape index (κ1) is 18.1. The Hall–Kier alpha value is -1.66. The maximum Gasteiger partial charge on any atom is 0.231 e. The number of benzene rings is 1. The first-order valence-electron chi connectivity index (χ1n) is 9.04. The van der Waals surface area contributed by atoms with Crippen molar-refractivity contribution in [3.8, 4) is 5.75 Å². The average molecular weight is 350 g/mol. The number of ether oxygens (including phenoxy) is 2. The first-order valence-corrected chi connectivity index (χ1v) is 9.04. The average Bonchev–Trinajstić information content (AvgIpc) is 2.65. The van der Waals surface area contributed by atoms with Crippen LogP contribution < -0.4 is 10.1 Å². The number of rotatable bonds is 5. The Kier molecular flexibility index (Phi) is 5.91. The van der Waals surface area contributed by atoms with E-state index in [1.807, 2.05) is 4.90 Å². The Morgan fingerprint density at radius 1 is 1.24 bits per heavy atom. The summed E-state index contributed by atoms with van der Waals surface area (Å²) in [6.45, 7) is 3.60. The van der Waals surface area contributed by atoms with Gasteiger partial charge in [-0.2, -0.15) is 0 Å². The number of carbonyl (C=O) groups excluding carboxylic acids is 1. The summed E-state index contributed by atoms with van der Waals surface area (Å²) in [7, 11) is 1.67. The molecule has 2 heterocycles. The van der Waals surface area contributed by atoms with E-state index in [2.05, 4.69) is 5.32 Å². The second-order valence-electron chi connectivity index (χ2n) is 7.03. The fourth-order valence-electron chi connectivity index (χ4n) is 3.82. The lowest BCUT2D eigenvalue weighted by Gasteiger charge is -2.41. The van der Waals surface area contributed by atoms with Crippen molar-refractivity contribution in [1.29, 1.82) is 0 Å². The van der Waals surface area contributed by atoms with Crippen LogP contribution in [0.2, 0.25) is 0 Å². The van der Waals surface area contributed by atoms with Gasteiger partial charge in [0, 0.05) is 33.0 Å². The Balaban J connectivity index is 1.55. The quantitative estimate of drug-likeness (QED) is 0.885. The SMILES string of the molecule is COCC1(C(=O)N2CCC(Oc3ccc(F)cc3)CC2)CCNCC1. The lowest BCUT2D eigenvalue weighted by molar-refractivity contribution is -0.149. The molecule has 1 aromatic carbocycles. The van der Waals surface area contributed by atoms with Crippen LogP contribution in [0.4, 0.5) is 4.39 Å². The fourth-order valence-corrected chi connectivity index (χ4v) is 3.82. The second kappa shape index (κ2) is 8.15. The van der Waals surface area contributed by atoms with Gasteiger partial charge in [-0.1, -0.05) is 0 Å². The summed E-state index contributed by atoms with van der Waals surface area (Å²) in [5.41, 5.74) is -0.384. The molecule has 2 aliphatic rings. The zero-order valence-electron chi connectivity index (χ0n) is 14.8. The largest absolute Gasteiger partial charge is 0.490 e. The number of piperidine rings is 2. The van der Waals surface area contributed by atoms with Gasteiger partial charge in [0.15, 0.2) is 0 Å². The third-order valence-electron chi connectivity index (χ3n) is 5.28. The number of methoxy groups -OCH3 is 1. The van der Waals surface area contributed by atoms with E-state index in [1.54, 1.807) is 19.2 Å². The minimum atomic E-state index is -0.384. The predicted molar refractivity (Wildman–Crippen MR) is 93.0 cm³/mol. The smallest absolute Gasteiger partial charge is 0.231 e. The van der Waals surface area contributed by atoms with Crippen molar-refractivity contribution < 1.29 is 18.7 Å². The number of nitrogens with zero attached hydrogens (tertiary/aromatic N) is 1. The molecule has 1 amide bonds. The molecule has 1 aromatic rings. The van der Waals surface area contributed by atoms with E-state index in [1.165, 1.54) is 12.1 Å². The number of hydrogen-bond acceptors (Lipinski definition) is 4. The minimum absolute atomic E-state index is 0.0703. The summed E-state index contributed by atoms with van der Waals surface area (Å²) in [6, 6.07) is 6.10. The fraction of sp³-hybridized carbons (Fsp3) is 0.632. The van der Waals surface area contributed by atoms with Crippen LogP contribution in [0.1, 0.15) is 25.7 Å². The van der Waals surface area contributed by atoms with E-state index < -0.39 is 0 Å². The van der Waals surface area contributed by atoms with Crippen LogP contribution >= 0.6 is 0 Å². The van der Waals surface area contributed by atoms with Crippen molar-refractivity contribution in [1.82, 2.24) is 10.2 Å². The maximum atomic E-state index is 13.1. The monoisotopic (exact) mass is 350 g/mol. The Bertz CT molecular complexity index is 559. The van der Waals surface area contributed by atoms with Crippen molar-refractivity contribution in [3.63, 3.8) is 0 Å². The second-order valence-corrected chi connectivity index (χ2v) is 7.03. The van der Waals surface area contributed by atoms with E-state index in [4.69, 9.17) is 9.47 Å². The highest BCUT2D eigenvalue weighted by Crippen LogP contribution is 2.33. The lowest BCUT2D eigenvalue weighted by Crippen LogP contribution is -2.54. The molecule has 25 heavy (non-hydrogen) atoms. The molecule has 0 spiro atoms. The van der Waals surface area contributed by atoms with Crippen LogP contribution in [0.3, 0.4) is 0 Å². The molecule has 6 heteroatoms. The number of likely N-dealkylation sites (tertiary alicyclic amines) is 1. The summed E-state index contributed by atoms with van der Waals surface area (Å²) in [5.74, 6) is 0.634. The molecule has 0 aliphatic carbocycles. The van der Waals surface area contributed by atoms with Crippen molar-refractivity contribution in [2.45, 2.75) is 31.8 Å². The first-order chi connectivity index (χ1) is 12.1. The van der Waals surface area contributed by atoms with E-state index in [0.29, 0.717) is 25.4 Å². The number of halogens is 1. The summed E-state index contributed by atoms with van der Waals surface area (Å²) in [6.07, 6.45) is 3.31. The highest BCUT2D eigenvalue weighted by molar-refractivity contribution is 5.83. The molecule has 2 aliphatic heterocycles. The highest BCUT2D eigenvalue weighted by Gasteiger charge is 2.43. The minimum Gasteiger partial charge on any atom is -0.490 e. The van der Waals surface area contributed by atoms with Gasteiger partial charge in [0.25, 0.3) is 0 Å². The van der Waals surface area contributed by atoms with Gasteiger partial charge in [-0.25, -0.2) is 4.39 Å². The predicted octanol–water partition coefficient (Wildman–Crippen LogP) is 2.21. The van der Waals surface area contributed by atoms with E-state index >= 15 is 0 Å². The van der Waals surface area contributed by atoms with Gasteiger partial charge in [-0.05, 0) is 50.2 Å². The lowest BCUT2D eigenvalue weighted by atomic mass is 9.78. The topological polar surface area (TPSA) is 50.8 Å². The molecular formula is C19H27FN2O3. The highest BCUT2D eigenvalue weighted by atomic mass is 19.1. The standard InChI is InChI=1S/C19H27FN2O3/c1-24-14-19(8-10-21-11-9-19)18(23)22-12-6-17(7-13-22)25-16-4-2-15(20)3-5-16/h2-5,17,21H,6-14H2,1H3. The molecule has 0 bridgehead atoms. The number of nitrogens with one attached hydrogen (secondary N) is 1. The molecule has 2 saturated heterocycles. The molecule has 2 fully saturated rings. The van der Waals surface area contributed by atoms with Gasteiger partial charge >= 0.3 is 0 Å². The van der Waals surface area contributed by atoms with Gasteiger partial charge in [0.05, 0.1) is 12.0 Å². The Morgan fingerprint density at radius 3 is 2.48 bits per heavy atom. The molecule has 0 radical (unpaired) electrons. The number of amides is 1. The Morgan fingerprint density at radius 2 is 1.88 bits per heavy atom. The molecule has 0 saturated carbocycles. The molecule has 3 rings (SSSR count). The van der Waals surface area contributed by atoms with Gasteiger partial charge in [-0.15, -0.1) is 0 Å². The van der Waals surface area contributed by atoms with E-state index in [9.17, 15) is 9.18 Å². The number of carbonyl (C=O) groups is 1. The normalized spacial score (nSPS) is 21.1. The molecular weight excluding hydrogens is 323 g/mol. The van der Waals surface area contributed by atoms with Gasteiger partial charge in [0.1, 0.15) is 17.7 Å². The molecule has 0 unspecified atom stereocenters. The zero-order chi connectivity index (χ0) is 17.7. The van der Waals surface area contributed by atoms with Crippen LogP contribution in [0.25, 0.3) is 0 Å². The summed E-state index contributed by atoms with van der Waals surface area (Å²) >= 11 is 0. The van der Waals surface area contributed by atoms with E-state index in [-0.39, 0.29) is 23.2 Å². The van der Waals surface area contributed by atoms with Gasteiger partial charge in [-0.3, -0.25) is 4.79 Å². The third-order valence-corrected chi connectivity index (χ3v) is 5.28. The zero-order valence-corrected chi connectivity index (χ0v) is 14.8. The van der Waals surface area contributed by atoms with Crippen LogP contribution in [-0.2, 0) is 9.53 Å². The molecule has 138 valence electrons. The third kappa shape index (κ3) is 4.30. The maximum absolute atomic E-state index is 13.1. The summed E-state index contributed by atoms with van der Waals surface area (Å²) < 4.78 is 24.3. The molecule has 1 N–H and O–H groups in total. The molecule has 0 atom stereocenters.